The van der Waals surface area contributed by atoms with Gasteiger partial charge in [0.25, 0.3) is 5.60 Å². The standard InChI is InChI=1S/C35H38F3NO5/c1-25(21-22-26-15-9-6-10-16-26)23-30(29(24-27-17-11-7-12-18-27)39-32(41)44-33(2,3)4)43-31(40)34(42-5,35(36,37)38)28-19-13-8-14-20-28/h6-22,29-30H,1,23-24H2,2-5H3,(H,39,41)/b22-21+/t29-,30+,34+/m0/s1. The Kier molecular flexibility index (Phi) is 11.5. The molecule has 0 bridgehead atoms. The van der Waals surface area contributed by atoms with Crippen LogP contribution in [-0.4, -0.2) is 43.1 Å². The molecule has 3 aromatic carbocycles. The van der Waals surface area contributed by atoms with Gasteiger partial charge in [-0.25, -0.2) is 9.59 Å². The zero-order chi connectivity index (χ0) is 32.4. The molecule has 9 heteroatoms. The third-order valence-corrected chi connectivity index (χ3v) is 6.66. The van der Waals surface area contributed by atoms with E-state index >= 15 is 0 Å². The highest BCUT2D eigenvalue weighted by Crippen LogP contribution is 2.43. The molecule has 1 N–H and O–H groups in total. The van der Waals surface area contributed by atoms with Gasteiger partial charge in [0.2, 0.25) is 0 Å². The number of rotatable bonds is 12. The number of halogens is 3. The molecule has 3 atom stereocenters. The summed E-state index contributed by atoms with van der Waals surface area (Å²) in [6.45, 7) is 9.11. The molecule has 0 aliphatic heterocycles. The molecule has 0 saturated heterocycles. The van der Waals surface area contributed by atoms with Crippen molar-refractivity contribution in [3.05, 3.63) is 126 Å². The van der Waals surface area contributed by atoms with Crippen LogP contribution < -0.4 is 5.32 Å². The molecule has 0 saturated carbocycles. The predicted octanol–water partition coefficient (Wildman–Crippen LogP) is 7.80. The van der Waals surface area contributed by atoms with Gasteiger partial charge in [-0.15, -0.1) is 0 Å². The number of carbonyl (C=O) groups is 2. The zero-order valence-electron chi connectivity index (χ0n) is 25.3. The largest absolute Gasteiger partial charge is 0.457 e. The number of ether oxygens (including phenoxy) is 3. The zero-order valence-corrected chi connectivity index (χ0v) is 25.3. The molecule has 0 radical (unpaired) electrons. The van der Waals surface area contributed by atoms with E-state index in [1.54, 1.807) is 57.2 Å². The Morgan fingerprint density at radius 2 is 1.43 bits per heavy atom. The van der Waals surface area contributed by atoms with Gasteiger partial charge in [0.05, 0.1) is 6.04 Å². The second kappa shape index (κ2) is 14.9. The van der Waals surface area contributed by atoms with Gasteiger partial charge in [-0.1, -0.05) is 115 Å². The Morgan fingerprint density at radius 3 is 1.95 bits per heavy atom. The number of hydrogen-bond acceptors (Lipinski definition) is 5. The summed E-state index contributed by atoms with van der Waals surface area (Å²) in [4.78, 5) is 26.7. The summed E-state index contributed by atoms with van der Waals surface area (Å²) < 4.78 is 60.3. The molecule has 0 spiro atoms. The maximum Gasteiger partial charge on any atom is 0.432 e. The van der Waals surface area contributed by atoms with Crippen molar-refractivity contribution in [2.45, 2.75) is 63.1 Å². The Hall–Kier alpha value is -4.37. The van der Waals surface area contributed by atoms with E-state index in [4.69, 9.17) is 14.2 Å². The highest BCUT2D eigenvalue weighted by molar-refractivity contribution is 5.83. The first kappa shape index (κ1) is 34.1. The second-order valence-corrected chi connectivity index (χ2v) is 11.2. The number of hydrogen-bond donors (Lipinski definition) is 1. The van der Waals surface area contributed by atoms with Crippen molar-refractivity contribution in [2.24, 2.45) is 0 Å². The van der Waals surface area contributed by atoms with Crippen LogP contribution >= 0.6 is 0 Å². The average molecular weight is 610 g/mol. The monoisotopic (exact) mass is 609 g/mol. The number of allylic oxidation sites excluding steroid dienone is 1. The number of alkyl carbamates (subject to hydrolysis) is 1. The summed E-state index contributed by atoms with van der Waals surface area (Å²) in [6.07, 6.45) is -3.81. The van der Waals surface area contributed by atoms with Crippen LogP contribution in [0.4, 0.5) is 18.0 Å². The van der Waals surface area contributed by atoms with E-state index in [9.17, 15) is 22.8 Å². The van der Waals surface area contributed by atoms with E-state index in [-0.39, 0.29) is 12.8 Å². The Balaban J connectivity index is 2.05. The lowest BCUT2D eigenvalue weighted by atomic mass is 9.91. The van der Waals surface area contributed by atoms with Gasteiger partial charge >= 0.3 is 18.2 Å². The fourth-order valence-electron chi connectivity index (χ4n) is 4.58. The van der Waals surface area contributed by atoms with Gasteiger partial charge < -0.3 is 19.5 Å². The van der Waals surface area contributed by atoms with Crippen molar-refractivity contribution >= 4 is 18.1 Å². The molecular formula is C35H38F3NO5. The van der Waals surface area contributed by atoms with E-state index < -0.39 is 47.2 Å². The minimum absolute atomic E-state index is 0.102. The van der Waals surface area contributed by atoms with E-state index in [0.717, 1.165) is 30.4 Å². The number of amides is 1. The van der Waals surface area contributed by atoms with E-state index in [1.807, 2.05) is 36.4 Å². The first-order valence-electron chi connectivity index (χ1n) is 14.1. The number of alkyl halides is 3. The average Bonchev–Trinajstić information content (AvgIpc) is 2.96. The highest BCUT2D eigenvalue weighted by atomic mass is 19.4. The van der Waals surface area contributed by atoms with Gasteiger partial charge in [0, 0.05) is 19.1 Å². The molecule has 0 aliphatic rings. The van der Waals surface area contributed by atoms with Crippen LogP contribution in [0.5, 0.6) is 0 Å². The lowest BCUT2D eigenvalue weighted by Gasteiger charge is -2.36. The van der Waals surface area contributed by atoms with Crippen molar-refractivity contribution < 1.29 is 37.0 Å². The van der Waals surface area contributed by atoms with Crippen LogP contribution in [0.2, 0.25) is 0 Å². The minimum atomic E-state index is -5.18. The van der Waals surface area contributed by atoms with Gasteiger partial charge in [-0.05, 0) is 38.3 Å². The molecule has 6 nitrogen and oxygen atoms in total. The van der Waals surface area contributed by atoms with Crippen molar-refractivity contribution in [2.75, 3.05) is 7.11 Å². The predicted molar refractivity (Wildman–Crippen MR) is 164 cm³/mol. The molecule has 0 unspecified atom stereocenters. The maximum atomic E-state index is 14.7. The summed E-state index contributed by atoms with van der Waals surface area (Å²) in [5.74, 6) is -1.67. The number of carbonyl (C=O) groups excluding carboxylic acids is 2. The SMILES string of the molecule is C=C(/C=C/c1ccccc1)C[C@@H](OC(=O)[C@](OC)(c1ccccc1)C(F)(F)F)[C@H](Cc1ccccc1)NC(=O)OC(C)(C)C. The van der Waals surface area contributed by atoms with Crippen molar-refractivity contribution in [1.82, 2.24) is 5.32 Å². The number of methoxy groups -OCH3 is 1. The van der Waals surface area contributed by atoms with E-state index in [1.165, 1.54) is 18.2 Å². The topological polar surface area (TPSA) is 73.9 Å². The first-order valence-corrected chi connectivity index (χ1v) is 14.1. The summed E-state index contributed by atoms with van der Waals surface area (Å²) in [5.41, 5.74) is -2.65. The van der Waals surface area contributed by atoms with Gasteiger partial charge in [-0.2, -0.15) is 13.2 Å². The third-order valence-electron chi connectivity index (χ3n) is 6.66. The summed E-state index contributed by atoms with van der Waals surface area (Å²) in [5, 5.41) is 2.73. The maximum absolute atomic E-state index is 14.7. The third kappa shape index (κ3) is 9.31. The number of nitrogens with one attached hydrogen (secondary N) is 1. The smallest absolute Gasteiger partial charge is 0.432 e. The van der Waals surface area contributed by atoms with Crippen LogP contribution in [-0.2, 0) is 31.0 Å². The molecule has 44 heavy (non-hydrogen) atoms. The Morgan fingerprint density at radius 1 is 0.886 bits per heavy atom. The quantitative estimate of drug-likeness (QED) is 0.168. The Labute approximate surface area is 256 Å². The second-order valence-electron chi connectivity index (χ2n) is 11.2. The van der Waals surface area contributed by atoms with Crippen molar-refractivity contribution in [3.63, 3.8) is 0 Å². The first-order chi connectivity index (χ1) is 20.7. The molecule has 3 aromatic rings. The molecular weight excluding hydrogens is 571 g/mol. The fraction of sp³-hybridized carbons (Fsp3) is 0.314. The highest BCUT2D eigenvalue weighted by Gasteiger charge is 2.64. The van der Waals surface area contributed by atoms with Crippen LogP contribution in [0.3, 0.4) is 0 Å². The normalized spacial score (nSPS) is 14.7. The molecule has 0 fully saturated rings. The van der Waals surface area contributed by atoms with E-state index in [2.05, 4.69) is 11.9 Å². The van der Waals surface area contributed by atoms with E-state index in [0.29, 0.717) is 5.57 Å². The van der Waals surface area contributed by atoms with Crippen LogP contribution in [0.1, 0.15) is 43.9 Å². The van der Waals surface area contributed by atoms with Crippen molar-refractivity contribution in [3.8, 4) is 0 Å². The molecule has 3 rings (SSSR count). The molecule has 0 aliphatic carbocycles. The van der Waals surface area contributed by atoms with Gasteiger partial charge in [0.15, 0.2) is 0 Å². The summed E-state index contributed by atoms with van der Waals surface area (Å²) in [7, 11) is 0.804. The van der Waals surface area contributed by atoms with Gasteiger partial charge in [0.1, 0.15) is 11.7 Å². The van der Waals surface area contributed by atoms with Gasteiger partial charge in [-0.3, -0.25) is 0 Å². The van der Waals surface area contributed by atoms with Crippen LogP contribution in [0.15, 0.2) is 109 Å². The lowest BCUT2D eigenvalue weighted by Crippen LogP contribution is -2.55. The molecule has 0 heterocycles. The van der Waals surface area contributed by atoms with Crippen LogP contribution in [0, 0.1) is 0 Å². The molecule has 0 aromatic heterocycles. The van der Waals surface area contributed by atoms with Crippen LogP contribution in [0.25, 0.3) is 6.08 Å². The molecule has 234 valence electrons. The summed E-state index contributed by atoms with van der Waals surface area (Å²) in [6, 6.07) is 23.9. The number of benzene rings is 3. The van der Waals surface area contributed by atoms with Crippen molar-refractivity contribution in [1.29, 1.82) is 0 Å². The summed E-state index contributed by atoms with van der Waals surface area (Å²) >= 11 is 0. The minimum Gasteiger partial charge on any atom is -0.457 e. The Bertz CT molecular complexity index is 1400. The fourth-order valence-corrected chi connectivity index (χ4v) is 4.58. The molecule has 1 amide bonds. The lowest BCUT2D eigenvalue weighted by molar-refractivity contribution is -0.278. The number of esters is 1.